The summed E-state index contributed by atoms with van der Waals surface area (Å²) in [5, 5.41) is 7.65. The summed E-state index contributed by atoms with van der Waals surface area (Å²) in [4.78, 5) is 24.7. The number of thiazole rings is 1. The maximum Gasteiger partial charge on any atom is 0.253 e. The van der Waals surface area contributed by atoms with E-state index in [0.717, 1.165) is 47.4 Å². The third-order valence-corrected chi connectivity index (χ3v) is 5.57. The zero-order valence-electron chi connectivity index (χ0n) is 17.9. The third kappa shape index (κ3) is 7.58. The van der Waals surface area contributed by atoms with Crippen LogP contribution in [0.2, 0.25) is 0 Å². The summed E-state index contributed by atoms with van der Waals surface area (Å²) in [5.41, 5.74) is 2.87. The second-order valence-electron chi connectivity index (χ2n) is 6.47. The van der Waals surface area contributed by atoms with Crippen LogP contribution in [-0.4, -0.2) is 41.4 Å². The van der Waals surface area contributed by atoms with Crippen LogP contribution in [0.3, 0.4) is 0 Å². The van der Waals surface area contributed by atoms with Gasteiger partial charge in [-0.1, -0.05) is 12.1 Å². The molecule has 0 saturated heterocycles. The number of halogens is 1. The molecule has 0 bridgehead atoms. The van der Waals surface area contributed by atoms with Crippen LogP contribution in [0.15, 0.2) is 29.3 Å². The summed E-state index contributed by atoms with van der Waals surface area (Å²) in [6, 6.07) is 7.70. The average molecular weight is 529 g/mol. The number of nitrogens with zero attached hydrogens (tertiary/aromatic N) is 3. The van der Waals surface area contributed by atoms with Crippen LogP contribution < -0.4 is 10.6 Å². The lowest BCUT2D eigenvalue weighted by molar-refractivity contribution is 0.0773. The molecule has 0 spiro atoms. The van der Waals surface area contributed by atoms with Crippen molar-refractivity contribution < 1.29 is 4.79 Å². The molecular weight excluding hydrogens is 497 g/mol. The van der Waals surface area contributed by atoms with E-state index < -0.39 is 0 Å². The summed E-state index contributed by atoms with van der Waals surface area (Å²) in [6.45, 7) is 13.6. The van der Waals surface area contributed by atoms with Crippen LogP contribution >= 0.6 is 35.3 Å². The highest BCUT2D eigenvalue weighted by molar-refractivity contribution is 14.0. The van der Waals surface area contributed by atoms with Gasteiger partial charge in [0.05, 0.1) is 18.8 Å². The zero-order valence-corrected chi connectivity index (χ0v) is 21.1. The first kappa shape index (κ1) is 25.4. The number of rotatable bonds is 8. The molecule has 1 heterocycles. The van der Waals surface area contributed by atoms with E-state index in [4.69, 9.17) is 0 Å². The van der Waals surface area contributed by atoms with Crippen LogP contribution in [0.25, 0.3) is 0 Å². The number of hydrogen-bond donors (Lipinski definition) is 2. The van der Waals surface area contributed by atoms with Gasteiger partial charge in [0.25, 0.3) is 5.91 Å². The molecule has 1 amide bonds. The van der Waals surface area contributed by atoms with Gasteiger partial charge in [0.2, 0.25) is 0 Å². The van der Waals surface area contributed by atoms with Crippen LogP contribution in [-0.2, 0) is 13.1 Å². The van der Waals surface area contributed by atoms with Gasteiger partial charge < -0.3 is 15.5 Å². The highest BCUT2D eigenvalue weighted by Crippen LogP contribution is 2.16. The van der Waals surface area contributed by atoms with E-state index in [9.17, 15) is 4.79 Å². The quantitative estimate of drug-likeness (QED) is 0.307. The molecule has 1 aromatic heterocycles. The van der Waals surface area contributed by atoms with Crippen molar-refractivity contribution in [2.45, 2.75) is 47.7 Å². The standard InChI is InChI=1S/C21H31N5OS.HI/c1-6-22-21(24-14-19-25-15(4)16(5)28-19)23-13-17-9-11-18(12-10-17)20(27)26(7-2)8-3;/h9-12H,6-8,13-14H2,1-5H3,(H2,22,23,24);1H. The smallest absolute Gasteiger partial charge is 0.253 e. The molecule has 8 heteroatoms. The number of guanidine groups is 1. The van der Waals surface area contributed by atoms with E-state index >= 15 is 0 Å². The predicted octanol–water partition coefficient (Wildman–Crippen LogP) is 4.12. The Morgan fingerprint density at radius 1 is 1.10 bits per heavy atom. The first-order valence-corrected chi connectivity index (χ1v) is 10.6. The minimum Gasteiger partial charge on any atom is -0.357 e. The molecule has 0 unspecified atom stereocenters. The molecule has 6 nitrogen and oxygen atoms in total. The van der Waals surface area contributed by atoms with Crippen molar-refractivity contribution in [3.05, 3.63) is 51.0 Å². The Kier molecular flexibility index (Phi) is 11.2. The Morgan fingerprint density at radius 2 is 1.76 bits per heavy atom. The number of amides is 1. The fraction of sp³-hybridized carbons (Fsp3) is 0.476. The number of carbonyl (C=O) groups is 1. The Hall–Kier alpha value is -1.68. The van der Waals surface area contributed by atoms with Crippen LogP contribution in [0.4, 0.5) is 0 Å². The predicted molar refractivity (Wildman–Crippen MR) is 132 cm³/mol. The number of hydrogen-bond acceptors (Lipinski definition) is 4. The van der Waals surface area contributed by atoms with Gasteiger partial charge in [-0.25, -0.2) is 9.98 Å². The second kappa shape index (κ2) is 12.8. The van der Waals surface area contributed by atoms with Crippen LogP contribution in [0, 0.1) is 13.8 Å². The molecule has 0 aliphatic rings. The Morgan fingerprint density at radius 3 is 2.28 bits per heavy atom. The Labute approximate surface area is 195 Å². The first-order chi connectivity index (χ1) is 13.5. The maximum absolute atomic E-state index is 12.4. The molecule has 29 heavy (non-hydrogen) atoms. The lowest BCUT2D eigenvalue weighted by Crippen LogP contribution is -2.36. The number of nitrogens with one attached hydrogen (secondary N) is 2. The number of benzene rings is 1. The van der Waals surface area contributed by atoms with Gasteiger partial charge >= 0.3 is 0 Å². The molecule has 0 aliphatic carbocycles. The van der Waals surface area contributed by atoms with Crippen LogP contribution in [0.5, 0.6) is 0 Å². The summed E-state index contributed by atoms with van der Waals surface area (Å²) in [7, 11) is 0. The zero-order chi connectivity index (χ0) is 20.5. The number of aliphatic imine (C=N–C) groups is 1. The second-order valence-corrected chi connectivity index (χ2v) is 7.76. The van der Waals surface area contributed by atoms with E-state index in [1.807, 2.05) is 56.9 Å². The maximum atomic E-state index is 12.4. The van der Waals surface area contributed by atoms with Crippen molar-refractivity contribution in [2.75, 3.05) is 19.6 Å². The molecule has 0 radical (unpaired) electrons. The highest BCUT2D eigenvalue weighted by atomic mass is 127. The van der Waals surface area contributed by atoms with Gasteiger partial charge in [0.15, 0.2) is 5.96 Å². The summed E-state index contributed by atoms with van der Waals surface area (Å²) in [6.07, 6.45) is 0. The lowest BCUT2D eigenvalue weighted by Gasteiger charge is -2.18. The van der Waals surface area contributed by atoms with E-state index in [-0.39, 0.29) is 29.9 Å². The minimum absolute atomic E-state index is 0. The Bertz CT molecular complexity index is 780. The SMILES string of the molecule is CCNC(=NCc1ccc(C(=O)N(CC)CC)cc1)NCc1nc(C)c(C)s1.I. The minimum atomic E-state index is 0. The summed E-state index contributed by atoms with van der Waals surface area (Å²) >= 11 is 1.71. The van der Waals surface area contributed by atoms with Gasteiger partial charge in [-0.3, -0.25) is 4.79 Å². The summed E-state index contributed by atoms with van der Waals surface area (Å²) in [5.74, 6) is 0.834. The van der Waals surface area contributed by atoms with Crippen molar-refractivity contribution in [3.8, 4) is 0 Å². The summed E-state index contributed by atoms with van der Waals surface area (Å²) < 4.78 is 0. The third-order valence-electron chi connectivity index (χ3n) is 4.50. The fourth-order valence-corrected chi connectivity index (χ4v) is 3.61. The molecule has 0 fully saturated rings. The molecule has 2 rings (SSSR count). The van der Waals surface area contributed by atoms with E-state index in [1.165, 1.54) is 4.88 Å². The van der Waals surface area contributed by atoms with Crippen molar-refractivity contribution in [3.63, 3.8) is 0 Å². The van der Waals surface area contributed by atoms with Crippen LogP contribution in [0.1, 0.15) is 52.3 Å². The molecular formula is C21H32IN5OS. The fourth-order valence-electron chi connectivity index (χ4n) is 2.73. The van der Waals surface area contributed by atoms with Gasteiger partial charge in [-0.05, 0) is 52.3 Å². The van der Waals surface area contributed by atoms with Gasteiger partial charge in [0, 0.05) is 30.1 Å². The van der Waals surface area contributed by atoms with Crippen molar-refractivity contribution >= 4 is 47.2 Å². The molecule has 0 aliphatic heterocycles. The number of aromatic nitrogens is 1. The first-order valence-electron chi connectivity index (χ1n) is 9.81. The molecule has 0 saturated carbocycles. The molecule has 1 aromatic carbocycles. The van der Waals surface area contributed by atoms with E-state index in [2.05, 4.69) is 27.5 Å². The van der Waals surface area contributed by atoms with E-state index in [0.29, 0.717) is 13.1 Å². The molecule has 2 N–H and O–H groups in total. The van der Waals surface area contributed by atoms with Crippen molar-refractivity contribution in [1.29, 1.82) is 0 Å². The topological polar surface area (TPSA) is 69.6 Å². The lowest BCUT2D eigenvalue weighted by atomic mass is 10.1. The average Bonchev–Trinajstić information content (AvgIpc) is 3.03. The molecule has 0 atom stereocenters. The number of aryl methyl sites for hydroxylation is 2. The van der Waals surface area contributed by atoms with Gasteiger partial charge in [0.1, 0.15) is 5.01 Å². The molecule has 160 valence electrons. The monoisotopic (exact) mass is 529 g/mol. The highest BCUT2D eigenvalue weighted by Gasteiger charge is 2.11. The van der Waals surface area contributed by atoms with Crippen molar-refractivity contribution in [1.82, 2.24) is 20.5 Å². The molecule has 2 aromatic rings. The number of carbonyl (C=O) groups excluding carboxylic acids is 1. The largest absolute Gasteiger partial charge is 0.357 e. The Balaban J connectivity index is 0.00000420. The van der Waals surface area contributed by atoms with E-state index in [1.54, 1.807) is 11.3 Å². The van der Waals surface area contributed by atoms with Gasteiger partial charge in [-0.2, -0.15) is 0 Å². The van der Waals surface area contributed by atoms with Gasteiger partial charge in [-0.15, -0.1) is 35.3 Å². The van der Waals surface area contributed by atoms with Crippen molar-refractivity contribution in [2.24, 2.45) is 4.99 Å². The normalized spacial score (nSPS) is 11.0.